The Bertz CT molecular complexity index is 240. The lowest BCUT2D eigenvalue weighted by Gasteiger charge is -2.28. The summed E-state index contributed by atoms with van der Waals surface area (Å²) in [5.41, 5.74) is 5.89. The maximum atomic E-state index is 5.89. The van der Waals surface area contributed by atoms with Crippen LogP contribution < -0.4 is 5.73 Å². The molecular weight excluding hydrogens is 222 g/mol. The number of likely N-dealkylation sites (tertiary alicyclic amines) is 1. The molecule has 2 fully saturated rings. The fourth-order valence-corrected chi connectivity index (χ4v) is 4.01. The Labute approximate surface area is 113 Å². The number of nitrogens with zero attached hydrogens (tertiary/aromatic N) is 2. The van der Waals surface area contributed by atoms with E-state index in [1.807, 2.05) is 0 Å². The summed E-state index contributed by atoms with van der Waals surface area (Å²) in [7, 11) is 0. The van der Waals surface area contributed by atoms with Gasteiger partial charge >= 0.3 is 0 Å². The van der Waals surface area contributed by atoms with Gasteiger partial charge in [0.15, 0.2) is 0 Å². The molecule has 0 aromatic heterocycles. The van der Waals surface area contributed by atoms with E-state index in [2.05, 4.69) is 23.6 Å². The first-order valence-corrected chi connectivity index (χ1v) is 7.94. The predicted octanol–water partition coefficient (Wildman–Crippen LogP) is 1.78. The molecule has 106 valence electrons. The Morgan fingerprint density at radius 1 is 1.11 bits per heavy atom. The molecule has 0 aromatic rings. The summed E-state index contributed by atoms with van der Waals surface area (Å²) in [4.78, 5) is 5.32. The Morgan fingerprint density at radius 3 is 2.50 bits per heavy atom. The molecule has 0 spiro atoms. The lowest BCUT2D eigenvalue weighted by molar-refractivity contribution is 0.193. The second kappa shape index (κ2) is 6.88. The molecule has 2 N–H and O–H groups in total. The molecule has 0 bridgehead atoms. The molecule has 0 aromatic carbocycles. The van der Waals surface area contributed by atoms with E-state index in [9.17, 15) is 0 Å². The molecule has 18 heavy (non-hydrogen) atoms. The van der Waals surface area contributed by atoms with Crippen molar-refractivity contribution in [2.45, 2.75) is 45.6 Å². The van der Waals surface area contributed by atoms with Crippen LogP contribution in [0.5, 0.6) is 0 Å². The molecule has 1 saturated carbocycles. The summed E-state index contributed by atoms with van der Waals surface area (Å²) >= 11 is 0. The summed E-state index contributed by atoms with van der Waals surface area (Å²) < 4.78 is 0. The van der Waals surface area contributed by atoms with E-state index in [1.54, 1.807) is 0 Å². The molecule has 0 amide bonds. The van der Waals surface area contributed by atoms with Gasteiger partial charge in [0.1, 0.15) is 0 Å². The van der Waals surface area contributed by atoms with Crippen LogP contribution in [0.15, 0.2) is 0 Å². The van der Waals surface area contributed by atoms with Crippen LogP contribution in [0, 0.1) is 11.8 Å². The van der Waals surface area contributed by atoms with Gasteiger partial charge in [-0.15, -0.1) is 0 Å². The molecule has 3 heteroatoms. The highest BCUT2D eigenvalue weighted by molar-refractivity contribution is 4.87. The van der Waals surface area contributed by atoms with Crippen molar-refractivity contribution in [1.29, 1.82) is 0 Å². The van der Waals surface area contributed by atoms with Crippen molar-refractivity contribution in [3.8, 4) is 0 Å². The summed E-state index contributed by atoms with van der Waals surface area (Å²) in [6.07, 6.45) is 5.55. The highest BCUT2D eigenvalue weighted by Gasteiger charge is 2.31. The topological polar surface area (TPSA) is 32.5 Å². The summed E-state index contributed by atoms with van der Waals surface area (Å²) in [6.45, 7) is 11.8. The number of hydrogen-bond acceptors (Lipinski definition) is 3. The largest absolute Gasteiger partial charge is 0.330 e. The molecule has 3 nitrogen and oxygen atoms in total. The molecule has 1 aliphatic heterocycles. The Kier molecular flexibility index (Phi) is 5.46. The van der Waals surface area contributed by atoms with Crippen LogP contribution in [0.1, 0.15) is 39.5 Å². The van der Waals surface area contributed by atoms with Crippen molar-refractivity contribution in [3.05, 3.63) is 0 Å². The quantitative estimate of drug-likeness (QED) is 0.783. The smallest absolute Gasteiger partial charge is 0.0235 e. The van der Waals surface area contributed by atoms with Crippen LogP contribution in [-0.4, -0.2) is 55.1 Å². The molecule has 2 rings (SSSR count). The molecule has 1 saturated heterocycles. The minimum absolute atomic E-state index is 0.803. The molecule has 2 aliphatic rings. The van der Waals surface area contributed by atoms with Crippen molar-refractivity contribution in [2.24, 2.45) is 17.6 Å². The Hall–Kier alpha value is -0.120. The van der Waals surface area contributed by atoms with Crippen LogP contribution >= 0.6 is 0 Å². The van der Waals surface area contributed by atoms with Gasteiger partial charge < -0.3 is 10.6 Å². The van der Waals surface area contributed by atoms with Gasteiger partial charge in [0.05, 0.1) is 0 Å². The lowest BCUT2D eigenvalue weighted by Crippen LogP contribution is -2.38. The third-order valence-electron chi connectivity index (χ3n) is 5.19. The average molecular weight is 253 g/mol. The van der Waals surface area contributed by atoms with E-state index < -0.39 is 0 Å². The van der Waals surface area contributed by atoms with Crippen molar-refractivity contribution in [2.75, 3.05) is 39.3 Å². The van der Waals surface area contributed by atoms with Crippen molar-refractivity contribution in [3.63, 3.8) is 0 Å². The van der Waals surface area contributed by atoms with E-state index in [0.717, 1.165) is 24.4 Å². The van der Waals surface area contributed by atoms with Crippen molar-refractivity contribution >= 4 is 0 Å². The summed E-state index contributed by atoms with van der Waals surface area (Å²) in [6, 6.07) is 0.803. The van der Waals surface area contributed by atoms with Gasteiger partial charge in [-0.25, -0.2) is 0 Å². The van der Waals surface area contributed by atoms with Gasteiger partial charge in [0, 0.05) is 19.1 Å². The summed E-state index contributed by atoms with van der Waals surface area (Å²) in [5.74, 6) is 1.68. The second-order valence-electron chi connectivity index (χ2n) is 6.11. The van der Waals surface area contributed by atoms with Crippen LogP contribution in [0.3, 0.4) is 0 Å². The molecule has 3 unspecified atom stereocenters. The zero-order valence-corrected chi connectivity index (χ0v) is 12.3. The standard InChI is InChI=1S/C15H31N3/c1-3-18(4-2)15-8-9-17(12-15)11-14-7-5-6-13(14)10-16/h13-15H,3-12,16H2,1-2H3. The molecule has 1 heterocycles. The highest BCUT2D eigenvalue weighted by atomic mass is 15.2. The normalized spacial score (nSPS) is 33.7. The zero-order chi connectivity index (χ0) is 13.0. The van der Waals surface area contributed by atoms with Gasteiger partial charge in [0.2, 0.25) is 0 Å². The third-order valence-corrected chi connectivity index (χ3v) is 5.19. The minimum Gasteiger partial charge on any atom is -0.330 e. The maximum Gasteiger partial charge on any atom is 0.0235 e. The summed E-state index contributed by atoms with van der Waals surface area (Å²) in [5, 5.41) is 0. The number of likely N-dealkylation sites (N-methyl/N-ethyl adjacent to an activating group) is 1. The number of rotatable bonds is 6. The molecular formula is C15H31N3. The van der Waals surface area contributed by atoms with Gasteiger partial charge in [-0.1, -0.05) is 20.3 Å². The van der Waals surface area contributed by atoms with Gasteiger partial charge in [-0.05, 0) is 57.3 Å². The van der Waals surface area contributed by atoms with Crippen LogP contribution in [0.4, 0.5) is 0 Å². The average Bonchev–Trinajstić information content (AvgIpc) is 3.01. The predicted molar refractivity (Wildman–Crippen MR) is 77.7 cm³/mol. The zero-order valence-electron chi connectivity index (χ0n) is 12.3. The van der Waals surface area contributed by atoms with Crippen LogP contribution in [-0.2, 0) is 0 Å². The van der Waals surface area contributed by atoms with Crippen LogP contribution in [0.2, 0.25) is 0 Å². The minimum atomic E-state index is 0.803. The fourth-order valence-electron chi connectivity index (χ4n) is 4.01. The third kappa shape index (κ3) is 3.25. The fraction of sp³-hybridized carbons (Fsp3) is 1.00. The Balaban J connectivity index is 1.78. The molecule has 3 atom stereocenters. The monoisotopic (exact) mass is 253 g/mol. The SMILES string of the molecule is CCN(CC)C1CCN(CC2CCCC2CN)C1. The van der Waals surface area contributed by atoms with E-state index >= 15 is 0 Å². The molecule has 1 aliphatic carbocycles. The number of hydrogen-bond donors (Lipinski definition) is 1. The lowest BCUT2D eigenvalue weighted by atomic mass is 9.96. The first kappa shape index (κ1) is 14.3. The Morgan fingerprint density at radius 2 is 1.83 bits per heavy atom. The van der Waals surface area contributed by atoms with Crippen molar-refractivity contribution in [1.82, 2.24) is 9.80 Å². The van der Waals surface area contributed by atoms with Crippen molar-refractivity contribution < 1.29 is 0 Å². The van der Waals surface area contributed by atoms with Gasteiger partial charge in [0.25, 0.3) is 0 Å². The highest BCUT2D eigenvalue weighted by Crippen LogP contribution is 2.32. The first-order valence-electron chi connectivity index (χ1n) is 7.94. The first-order chi connectivity index (χ1) is 8.78. The number of nitrogens with two attached hydrogens (primary N) is 1. The van der Waals surface area contributed by atoms with Gasteiger partial charge in [-0.3, -0.25) is 4.90 Å². The van der Waals surface area contributed by atoms with E-state index in [-0.39, 0.29) is 0 Å². The second-order valence-corrected chi connectivity index (χ2v) is 6.11. The molecule has 0 radical (unpaired) electrons. The van der Waals surface area contributed by atoms with E-state index in [1.165, 1.54) is 58.4 Å². The van der Waals surface area contributed by atoms with Gasteiger partial charge in [-0.2, -0.15) is 0 Å². The van der Waals surface area contributed by atoms with Crippen LogP contribution in [0.25, 0.3) is 0 Å². The van der Waals surface area contributed by atoms with E-state index in [4.69, 9.17) is 5.73 Å². The maximum absolute atomic E-state index is 5.89. The van der Waals surface area contributed by atoms with E-state index in [0.29, 0.717) is 0 Å².